The van der Waals surface area contributed by atoms with E-state index in [0.29, 0.717) is 17.3 Å². The van der Waals surface area contributed by atoms with Crippen molar-refractivity contribution in [1.29, 1.82) is 0 Å². The summed E-state index contributed by atoms with van der Waals surface area (Å²) in [5, 5.41) is 5.63. The predicted octanol–water partition coefficient (Wildman–Crippen LogP) is 5.17. The minimum atomic E-state index is -1.56. The number of para-hydroxylation sites is 2. The van der Waals surface area contributed by atoms with Crippen molar-refractivity contribution < 1.29 is 17.9 Å². The first kappa shape index (κ1) is 18.5. The highest BCUT2D eigenvalue weighted by molar-refractivity contribution is 5.65. The maximum absolute atomic E-state index is 13.8. The Morgan fingerprint density at radius 2 is 1.67 bits per heavy atom. The zero-order valence-electron chi connectivity index (χ0n) is 14.6. The van der Waals surface area contributed by atoms with E-state index in [9.17, 15) is 13.2 Å². The van der Waals surface area contributed by atoms with Crippen LogP contribution in [-0.4, -0.2) is 16.1 Å². The Hall–Kier alpha value is -3.29. The van der Waals surface area contributed by atoms with Gasteiger partial charge in [0.1, 0.15) is 11.6 Å². The van der Waals surface area contributed by atoms with Gasteiger partial charge in [0.25, 0.3) is 0 Å². The Morgan fingerprint density at radius 1 is 0.889 bits per heavy atom. The Morgan fingerprint density at radius 3 is 2.44 bits per heavy atom. The fourth-order valence-electron chi connectivity index (χ4n) is 2.30. The van der Waals surface area contributed by atoms with Gasteiger partial charge in [0.15, 0.2) is 17.5 Å². The molecule has 0 saturated heterocycles. The molecule has 1 aromatic heterocycles. The van der Waals surface area contributed by atoms with Crippen LogP contribution in [0.1, 0.15) is 13.8 Å². The lowest BCUT2D eigenvalue weighted by Gasteiger charge is -2.15. The summed E-state index contributed by atoms with van der Waals surface area (Å²) in [5.41, 5.74) is 0.421. The van der Waals surface area contributed by atoms with Crippen LogP contribution in [0.2, 0.25) is 0 Å². The average Bonchev–Trinajstić information content (AvgIpc) is 2.64. The molecule has 0 radical (unpaired) electrons. The van der Waals surface area contributed by atoms with Gasteiger partial charge in [-0.1, -0.05) is 12.1 Å². The third-order valence-corrected chi connectivity index (χ3v) is 3.45. The predicted molar refractivity (Wildman–Crippen MR) is 97.1 cm³/mol. The van der Waals surface area contributed by atoms with Gasteiger partial charge >= 0.3 is 0 Å². The number of aromatic nitrogens is 2. The molecule has 140 valence electrons. The first-order chi connectivity index (χ1) is 12.9. The lowest BCUT2D eigenvalue weighted by atomic mass is 10.3. The molecule has 0 aliphatic carbocycles. The van der Waals surface area contributed by atoms with Crippen molar-refractivity contribution >= 4 is 23.1 Å². The van der Waals surface area contributed by atoms with Crippen molar-refractivity contribution in [1.82, 2.24) is 9.97 Å². The standard InChI is InChI=1S/C19H17F3N4O/c1-11(2)27-15-6-4-3-5-13(15)24-16-9-10-23-19(26-16)25-14-8-7-12(20)17(21)18(14)22/h3-11H,1-2H3,(H2,23,24,25,26). The lowest BCUT2D eigenvalue weighted by Crippen LogP contribution is -2.08. The Labute approximate surface area is 154 Å². The highest BCUT2D eigenvalue weighted by atomic mass is 19.2. The van der Waals surface area contributed by atoms with Gasteiger partial charge < -0.3 is 15.4 Å². The van der Waals surface area contributed by atoms with Gasteiger partial charge in [0.05, 0.1) is 17.5 Å². The molecule has 0 aliphatic heterocycles. The highest BCUT2D eigenvalue weighted by Crippen LogP contribution is 2.28. The second-order valence-electron chi connectivity index (χ2n) is 5.90. The molecule has 0 spiro atoms. The van der Waals surface area contributed by atoms with Crippen LogP contribution in [0.25, 0.3) is 0 Å². The molecule has 3 rings (SSSR count). The van der Waals surface area contributed by atoms with Gasteiger partial charge in [-0.15, -0.1) is 0 Å². The van der Waals surface area contributed by atoms with Gasteiger partial charge in [0.2, 0.25) is 5.95 Å². The number of benzene rings is 2. The summed E-state index contributed by atoms with van der Waals surface area (Å²) in [4.78, 5) is 8.17. The average molecular weight is 374 g/mol. The summed E-state index contributed by atoms with van der Waals surface area (Å²) >= 11 is 0. The van der Waals surface area contributed by atoms with Crippen molar-refractivity contribution in [3.8, 4) is 5.75 Å². The molecule has 0 aliphatic rings. The van der Waals surface area contributed by atoms with E-state index in [1.165, 1.54) is 6.20 Å². The molecule has 0 bridgehead atoms. The zero-order chi connectivity index (χ0) is 19.4. The topological polar surface area (TPSA) is 59.1 Å². The van der Waals surface area contributed by atoms with E-state index in [4.69, 9.17) is 4.74 Å². The number of nitrogens with one attached hydrogen (secondary N) is 2. The third-order valence-electron chi connectivity index (χ3n) is 3.45. The summed E-state index contributed by atoms with van der Waals surface area (Å²) in [5.74, 6) is -3.09. The van der Waals surface area contributed by atoms with Crippen molar-refractivity contribution in [2.45, 2.75) is 20.0 Å². The van der Waals surface area contributed by atoms with Crippen LogP contribution in [0.5, 0.6) is 5.75 Å². The number of hydrogen-bond donors (Lipinski definition) is 2. The number of ether oxygens (including phenoxy) is 1. The van der Waals surface area contributed by atoms with Crippen LogP contribution in [0.4, 0.5) is 36.3 Å². The molecule has 8 heteroatoms. The summed E-state index contributed by atoms with van der Waals surface area (Å²) in [7, 11) is 0. The van der Waals surface area contributed by atoms with E-state index in [2.05, 4.69) is 20.6 Å². The molecule has 5 nitrogen and oxygen atoms in total. The van der Waals surface area contributed by atoms with Gasteiger partial charge in [-0.25, -0.2) is 18.2 Å². The van der Waals surface area contributed by atoms with Crippen molar-refractivity contribution in [2.24, 2.45) is 0 Å². The van der Waals surface area contributed by atoms with Crippen molar-refractivity contribution in [3.05, 3.63) is 66.1 Å². The fourth-order valence-corrected chi connectivity index (χ4v) is 2.30. The van der Waals surface area contributed by atoms with Gasteiger partial charge in [-0.05, 0) is 44.2 Å². The number of nitrogens with zero attached hydrogens (tertiary/aromatic N) is 2. The Balaban J connectivity index is 1.82. The van der Waals surface area contributed by atoms with Crippen LogP contribution in [0.15, 0.2) is 48.7 Å². The number of halogens is 3. The smallest absolute Gasteiger partial charge is 0.229 e. The maximum atomic E-state index is 13.8. The quantitative estimate of drug-likeness (QED) is 0.583. The third kappa shape index (κ3) is 4.46. The van der Waals surface area contributed by atoms with E-state index >= 15 is 0 Å². The Kier molecular flexibility index (Phi) is 5.44. The number of anilines is 4. The van der Waals surface area contributed by atoms with Gasteiger partial charge in [-0.3, -0.25) is 0 Å². The largest absolute Gasteiger partial charge is 0.489 e. The molecule has 2 N–H and O–H groups in total. The van der Waals surface area contributed by atoms with E-state index < -0.39 is 17.5 Å². The Bertz CT molecular complexity index is 950. The van der Waals surface area contributed by atoms with E-state index in [0.717, 1.165) is 12.1 Å². The lowest BCUT2D eigenvalue weighted by molar-refractivity contribution is 0.244. The molecule has 27 heavy (non-hydrogen) atoms. The van der Waals surface area contributed by atoms with Crippen LogP contribution in [-0.2, 0) is 0 Å². The summed E-state index contributed by atoms with van der Waals surface area (Å²) < 4.78 is 45.9. The molecular weight excluding hydrogens is 357 g/mol. The minimum Gasteiger partial charge on any atom is -0.489 e. The van der Waals surface area contributed by atoms with E-state index in [-0.39, 0.29) is 17.7 Å². The fraction of sp³-hybridized carbons (Fsp3) is 0.158. The van der Waals surface area contributed by atoms with Gasteiger partial charge in [-0.2, -0.15) is 4.98 Å². The molecule has 2 aromatic carbocycles. The maximum Gasteiger partial charge on any atom is 0.229 e. The molecule has 0 saturated carbocycles. The minimum absolute atomic E-state index is 0.00748. The molecule has 1 heterocycles. The number of rotatable bonds is 6. The van der Waals surface area contributed by atoms with E-state index in [1.807, 2.05) is 38.1 Å². The van der Waals surface area contributed by atoms with Crippen LogP contribution < -0.4 is 15.4 Å². The first-order valence-corrected chi connectivity index (χ1v) is 8.20. The summed E-state index contributed by atoms with van der Waals surface area (Å²) in [6, 6.07) is 10.8. The second kappa shape index (κ2) is 7.94. The monoisotopic (exact) mass is 374 g/mol. The second-order valence-corrected chi connectivity index (χ2v) is 5.90. The van der Waals surface area contributed by atoms with Gasteiger partial charge in [0, 0.05) is 6.20 Å². The van der Waals surface area contributed by atoms with E-state index in [1.54, 1.807) is 6.07 Å². The first-order valence-electron chi connectivity index (χ1n) is 8.20. The molecule has 0 amide bonds. The SMILES string of the molecule is CC(C)Oc1ccccc1Nc1ccnc(Nc2ccc(F)c(F)c2F)n1. The van der Waals surface area contributed by atoms with Crippen LogP contribution >= 0.6 is 0 Å². The number of hydrogen-bond acceptors (Lipinski definition) is 5. The van der Waals surface area contributed by atoms with Crippen molar-refractivity contribution in [2.75, 3.05) is 10.6 Å². The van der Waals surface area contributed by atoms with Crippen LogP contribution in [0, 0.1) is 17.5 Å². The molecule has 0 unspecified atom stereocenters. The molecule has 0 atom stereocenters. The normalized spacial score (nSPS) is 10.7. The summed E-state index contributed by atoms with van der Waals surface area (Å²) in [6.07, 6.45) is 1.44. The highest BCUT2D eigenvalue weighted by Gasteiger charge is 2.14. The van der Waals surface area contributed by atoms with Crippen molar-refractivity contribution in [3.63, 3.8) is 0 Å². The molecular formula is C19H17F3N4O. The molecule has 3 aromatic rings. The summed E-state index contributed by atoms with van der Waals surface area (Å²) in [6.45, 7) is 3.83. The van der Waals surface area contributed by atoms with Crippen LogP contribution in [0.3, 0.4) is 0 Å². The zero-order valence-corrected chi connectivity index (χ0v) is 14.6. The molecule has 0 fully saturated rings.